The fourth-order valence-electron chi connectivity index (χ4n) is 5.59. The quantitative estimate of drug-likeness (QED) is 0.538. The number of para-hydroxylation sites is 1. The maximum absolute atomic E-state index is 13.4. The number of carbonyl (C=O) groups excluding carboxylic acids is 3. The van der Waals surface area contributed by atoms with Crippen LogP contribution in [0.15, 0.2) is 60.7 Å². The molecule has 35 heavy (non-hydrogen) atoms. The molecule has 2 aliphatic rings. The molecule has 1 atom stereocenters. The van der Waals surface area contributed by atoms with Crippen molar-refractivity contribution in [3.8, 4) is 0 Å². The van der Waals surface area contributed by atoms with Gasteiger partial charge in [-0.1, -0.05) is 48.5 Å². The number of carbonyl (C=O) groups is 3. The van der Waals surface area contributed by atoms with Crippen LogP contribution in [0.4, 0.5) is 0 Å². The van der Waals surface area contributed by atoms with E-state index in [0.29, 0.717) is 37.4 Å². The van der Waals surface area contributed by atoms with Gasteiger partial charge in [-0.2, -0.15) is 0 Å². The van der Waals surface area contributed by atoms with Gasteiger partial charge in [0.15, 0.2) is 0 Å². The first-order chi connectivity index (χ1) is 16.9. The van der Waals surface area contributed by atoms with Crippen LogP contribution in [0.5, 0.6) is 0 Å². The Kier molecular flexibility index (Phi) is 6.09. The molecule has 2 aromatic carbocycles. The second-order valence-corrected chi connectivity index (χ2v) is 9.85. The van der Waals surface area contributed by atoms with E-state index in [0.717, 1.165) is 30.2 Å². The molecule has 3 aromatic rings. The lowest BCUT2D eigenvalue weighted by Gasteiger charge is -2.39. The maximum atomic E-state index is 13.4. The monoisotopic (exact) mass is 473 g/mol. The molecule has 2 aliphatic heterocycles. The molecule has 2 amide bonds. The van der Waals surface area contributed by atoms with Crippen LogP contribution in [0.3, 0.4) is 0 Å². The van der Waals surface area contributed by atoms with Gasteiger partial charge in [0.05, 0.1) is 0 Å². The van der Waals surface area contributed by atoms with E-state index in [1.165, 1.54) is 6.92 Å². The maximum Gasteiger partial charge on any atom is 0.303 e. The number of ether oxygens (including phenoxy) is 1. The number of aryl methyl sites for hydroxylation is 1. The molecule has 1 aromatic heterocycles. The third kappa shape index (κ3) is 4.43. The number of amides is 2. The number of nitrogens with zero attached hydrogens (tertiary/aromatic N) is 3. The van der Waals surface area contributed by atoms with Crippen molar-refractivity contribution in [2.75, 3.05) is 26.2 Å². The van der Waals surface area contributed by atoms with Crippen molar-refractivity contribution in [3.05, 3.63) is 71.9 Å². The number of benzene rings is 2. The van der Waals surface area contributed by atoms with Crippen LogP contribution in [0.1, 0.15) is 48.3 Å². The van der Waals surface area contributed by atoms with Crippen molar-refractivity contribution in [1.82, 2.24) is 14.4 Å². The molecule has 2 fully saturated rings. The highest BCUT2D eigenvalue weighted by Gasteiger charge is 2.44. The molecule has 3 heterocycles. The van der Waals surface area contributed by atoms with Gasteiger partial charge in [0.25, 0.3) is 11.8 Å². The van der Waals surface area contributed by atoms with Gasteiger partial charge in [0.1, 0.15) is 5.69 Å². The number of fused-ring (bicyclic) bond motifs is 1. The second-order valence-electron chi connectivity index (χ2n) is 9.85. The number of likely N-dealkylation sites (tertiary alicyclic amines) is 2. The molecule has 0 radical (unpaired) electrons. The minimum Gasteiger partial charge on any atom is -0.447 e. The Balaban J connectivity index is 1.25. The summed E-state index contributed by atoms with van der Waals surface area (Å²) in [6.07, 6.45) is 1.69. The van der Waals surface area contributed by atoms with Crippen molar-refractivity contribution in [2.24, 2.45) is 12.5 Å². The number of rotatable bonds is 4. The molecule has 182 valence electrons. The van der Waals surface area contributed by atoms with Crippen LogP contribution in [0, 0.1) is 5.41 Å². The molecule has 0 N–H and O–H groups in total. The first kappa shape index (κ1) is 23.1. The molecule has 2 saturated heterocycles. The normalized spacial score (nSPS) is 18.1. The summed E-state index contributed by atoms with van der Waals surface area (Å²) in [6, 6.07) is 19.2. The van der Waals surface area contributed by atoms with Crippen LogP contribution >= 0.6 is 0 Å². The highest BCUT2D eigenvalue weighted by atomic mass is 16.5. The zero-order chi connectivity index (χ0) is 24.6. The molecule has 0 saturated carbocycles. The van der Waals surface area contributed by atoms with E-state index < -0.39 is 12.1 Å². The Hall–Kier alpha value is -3.61. The number of aromatic nitrogens is 1. The minimum atomic E-state index is -0.919. The molecule has 7 nitrogen and oxygen atoms in total. The van der Waals surface area contributed by atoms with E-state index in [2.05, 4.69) is 0 Å². The van der Waals surface area contributed by atoms with Gasteiger partial charge in [-0.05, 0) is 36.8 Å². The van der Waals surface area contributed by atoms with E-state index in [-0.39, 0.29) is 17.2 Å². The van der Waals surface area contributed by atoms with Gasteiger partial charge in [0.2, 0.25) is 6.10 Å². The Labute approximate surface area is 205 Å². The van der Waals surface area contributed by atoms with Gasteiger partial charge in [0, 0.05) is 56.6 Å². The summed E-state index contributed by atoms with van der Waals surface area (Å²) in [6.45, 7) is 3.95. The van der Waals surface area contributed by atoms with Crippen molar-refractivity contribution in [2.45, 2.75) is 32.3 Å². The summed E-state index contributed by atoms with van der Waals surface area (Å²) < 4.78 is 7.40. The summed E-state index contributed by atoms with van der Waals surface area (Å²) in [4.78, 5) is 42.2. The average Bonchev–Trinajstić information content (AvgIpc) is 3.44. The topological polar surface area (TPSA) is 71.9 Å². The van der Waals surface area contributed by atoms with Gasteiger partial charge in [-0.15, -0.1) is 0 Å². The summed E-state index contributed by atoms with van der Waals surface area (Å²) in [7, 11) is 1.94. The highest BCUT2D eigenvalue weighted by molar-refractivity contribution is 5.98. The van der Waals surface area contributed by atoms with Crippen molar-refractivity contribution in [3.63, 3.8) is 0 Å². The fraction of sp³-hybridized carbons (Fsp3) is 0.393. The first-order valence-corrected chi connectivity index (χ1v) is 12.2. The molecular formula is C28H31N3O4. The van der Waals surface area contributed by atoms with E-state index in [1.54, 1.807) is 0 Å². The number of piperidine rings is 1. The molecule has 5 rings (SSSR count). The number of hydrogen-bond acceptors (Lipinski definition) is 4. The smallest absolute Gasteiger partial charge is 0.303 e. The Morgan fingerprint density at radius 1 is 0.886 bits per heavy atom. The summed E-state index contributed by atoms with van der Waals surface area (Å²) in [5.74, 6) is -0.581. The summed E-state index contributed by atoms with van der Waals surface area (Å²) >= 11 is 0. The SMILES string of the molecule is CC(=O)O[C@@H](C(=O)N1CCC2(CCN(C(=O)c3cc4ccccc4n3C)CC2)C1)c1ccccc1. The minimum absolute atomic E-state index is 0.00280. The van der Waals surface area contributed by atoms with E-state index in [1.807, 2.05) is 82.1 Å². The third-order valence-electron chi connectivity index (χ3n) is 7.64. The van der Waals surface area contributed by atoms with Crippen LogP contribution < -0.4 is 0 Å². The van der Waals surface area contributed by atoms with Crippen LogP contribution in [-0.2, 0) is 21.4 Å². The molecule has 0 unspecified atom stereocenters. The zero-order valence-electron chi connectivity index (χ0n) is 20.3. The predicted molar refractivity (Wildman–Crippen MR) is 133 cm³/mol. The summed E-state index contributed by atoms with van der Waals surface area (Å²) in [5, 5.41) is 1.07. The van der Waals surface area contributed by atoms with Gasteiger partial charge >= 0.3 is 5.97 Å². The third-order valence-corrected chi connectivity index (χ3v) is 7.64. The molecular weight excluding hydrogens is 442 g/mol. The highest BCUT2D eigenvalue weighted by Crippen LogP contribution is 2.41. The lowest BCUT2D eigenvalue weighted by molar-refractivity contribution is -0.159. The van der Waals surface area contributed by atoms with Crippen LogP contribution in [0.2, 0.25) is 0 Å². The van der Waals surface area contributed by atoms with Gasteiger partial charge < -0.3 is 19.1 Å². The first-order valence-electron chi connectivity index (χ1n) is 12.2. The fourth-order valence-corrected chi connectivity index (χ4v) is 5.59. The van der Waals surface area contributed by atoms with Crippen molar-refractivity contribution >= 4 is 28.7 Å². The van der Waals surface area contributed by atoms with Crippen molar-refractivity contribution in [1.29, 1.82) is 0 Å². The predicted octanol–water partition coefficient (Wildman–Crippen LogP) is 3.94. The van der Waals surface area contributed by atoms with Crippen LogP contribution in [-0.4, -0.2) is 58.3 Å². The van der Waals surface area contributed by atoms with Crippen molar-refractivity contribution < 1.29 is 19.1 Å². The lowest BCUT2D eigenvalue weighted by atomic mass is 9.77. The molecule has 1 spiro atoms. The molecule has 0 aliphatic carbocycles. The lowest BCUT2D eigenvalue weighted by Crippen LogP contribution is -2.45. The Bertz CT molecular complexity index is 1260. The second kappa shape index (κ2) is 9.21. The largest absolute Gasteiger partial charge is 0.447 e. The zero-order valence-corrected chi connectivity index (χ0v) is 20.3. The van der Waals surface area contributed by atoms with E-state index >= 15 is 0 Å². The van der Waals surface area contributed by atoms with Gasteiger partial charge in [-0.3, -0.25) is 14.4 Å². The Morgan fingerprint density at radius 3 is 2.17 bits per heavy atom. The average molecular weight is 474 g/mol. The summed E-state index contributed by atoms with van der Waals surface area (Å²) in [5.41, 5.74) is 2.44. The molecule has 0 bridgehead atoms. The van der Waals surface area contributed by atoms with E-state index in [9.17, 15) is 14.4 Å². The van der Waals surface area contributed by atoms with Gasteiger partial charge in [-0.25, -0.2) is 0 Å². The number of esters is 1. The Morgan fingerprint density at radius 2 is 1.51 bits per heavy atom. The van der Waals surface area contributed by atoms with Crippen LogP contribution in [0.25, 0.3) is 10.9 Å². The number of hydrogen-bond donors (Lipinski definition) is 0. The standard InChI is InChI=1S/C28H31N3O4/c1-20(32)35-25(21-8-4-3-5-9-21)27(34)31-17-14-28(19-31)12-15-30(16-13-28)26(33)24-18-22-10-6-7-11-23(22)29(24)2/h3-11,18,25H,12-17,19H2,1-2H3/t25-/m1/s1. The molecule has 7 heteroatoms. The van der Waals surface area contributed by atoms with E-state index in [4.69, 9.17) is 4.74 Å².